The van der Waals surface area contributed by atoms with Crippen molar-refractivity contribution in [3.8, 4) is 5.75 Å². The van der Waals surface area contributed by atoms with E-state index in [1.807, 2.05) is 6.07 Å². The maximum absolute atomic E-state index is 12.4. The van der Waals surface area contributed by atoms with Crippen LogP contribution in [-0.2, 0) is 16.0 Å². The summed E-state index contributed by atoms with van der Waals surface area (Å²) in [6, 6.07) is 14.3. The molecule has 10 heteroatoms. The zero-order valence-corrected chi connectivity index (χ0v) is 17.0. The lowest BCUT2D eigenvalue weighted by Crippen LogP contribution is -2.69. The number of para-hydroxylation sites is 1. The Morgan fingerprint density at radius 2 is 1.90 bits per heavy atom. The van der Waals surface area contributed by atoms with Crippen molar-refractivity contribution >= 4 is 29.3 Å². The number of nitro groups is 1. The van der Waals surface area contributed by atoms with Crippen LogP contribution in [0.5, 0.6) is 5.75 Å². The molecule has 9 nitrogen and oxygen atoms in total. The zero-order valence-electron chi connectivity index (χ0n) is 16.2. The van der Waals surface area contributed by atoms with Crippen molar-refractivity contribution in [2.75, 3.05) is 6.61 Å². The minimum atomic E-state index is -0.708. The Kier molecular flexibility index (Phi) is 5.81. The summed E-state index contributed by atoms with van der Waals surface area (Å²) >= 11 is 1.36. The number of ether oxygens (including phenoxy) is 1. The van der Waals surface area contributed by atoms with Gasteiger partial charge in [-0.1, -0.05) is 30.3 Å². The number of aliphatic hydroxyl groups is 1. The number of hydrogen-bond acceptors (Lipinski definition) is 7. The Balaban J connectivity index is 1.35. The van der Waals surface area contributed by atoms with E-state index in [-0.39, 0.29) is 34.6 Å². The van der Waals surface area contributed by atoms with Crippen LogP contribution in [0.1, 0.15) is 5.56 Å². The first-order valence-corrected chi connectivity index (χ1v) is 10.5. The topological polar surface area (TPSA) is 122 Å². The Morgan fingerprint density at radius 1 is 1.19 bits per heavy atom. The predicted molar refractivity (Wildman–Crippen MR) is 113 cm³/mol. The van der Waals surface area contributed by atoms with Gasteiger partial charge in [0.1, 0.15) is 22.9 Å². The van der Waals surface area contributed by atoms with Crippen molar-refractivity contribution in [1.29, 1.82) is 0 Å². The Bertz CT molecular complexity index is 1030. The van der Waals surface area contributed by atoms with Crippen molar-refractivity contribution < 1.29 is 24.4 Å². The van der Waals surface area contributed by atoms with Crippen LogP contribution in [0.4, 0.5) is 5.69 Å². The summed E-state index contributed by atoms with van der Waals surface area (Å²) in [5.74, 6) is -0.105. The number of nitro benzene ring substituents is 1. The van der Waals surface area contributed by atoms with Gasteiger partial charge in [0.15, 0.2) is 6.61 Å². The highest BCUT2D eigenvalue weighted by molar-refractivity contribution is 8.00. The molecule has 0 radical (unpaired) electrons. The molecule has 2 aliphatic rings. The molecule has 0 aliphatic carbocycles. The quantitative estimate of drug-likeness (QED) is 0.384. The minimum Gasteiger partial charge on any atom is -0.510 e. The van der Waals surface area contributed by atoms with E-state index in [1.165, 1.54) is 35.0 Å². The summed E-state index contributed by atoms with van der Waals surface area (Å²) in [6.45, 7) is -0.210. The molecular weight excluding hydrogens is 422 g/mol. The van der Waals surface area contributed by atoms with E-state index < -0.39 is 16.9 Å². The molecule has 160 valence electrons. The van der Waals surface area contributed by atoms with Crippen LogP contribution in [0.25, 0.3) is 0 Å². The summed E-state index contributed by atoms with van der Waals surface area (Å²) in [5, 5.41) is 23.1. The van der Waals surface area contributed by atoms with E-state index in [0.717, 1.165) is 5.56 Å². The monoisotopic (exact) mass is 441 g/mol. The number of fused-ring (bicyclic) bond motifs is 1. The Morgan fingerprint density at radius 3 is 2.58 bits per heavy atom. The van der Waals surface area contributed by atoms with E-state index in [1.54, 1.807) is 36.4 Å². The largest absolute Gasteiger partial charge is 0.510 e. The SMILES string of the molecule is O=C(COc1ccccc1)NC1C(=O)N2C=C(O)C(Cc3ccc([N+](=O)[O-])cc3)S[C@H]12. The minimum absolute atomic E-state index is 0.00364. The number of carbonyl (C=O) groups excluding carboxylic acids is 2. The number of amides is 2. The van der Waals surface area contributed by atoms with Gasteiger partial charge in [-0.15, -0.1) is 11.8 Å². The maximum Gasteiger partial charge on any atom is 0.269 e. The highest BCUT2D eigenvalue weighted by atomic mass is 32.2. The molecule has 2 aromatic rings. The third kappa shape index (κ3) is 4.48. The third-order valence-corrected chi connectivity index (χ3v) is 6.50. The third-order valence-electron chi connectivity index (χ3n) is 4.98. The molecule has 2 N–H and O–H groups in total. The number of nitrogens with zero attached hydrogens (tertiary/aromatic N) is 2. The lowest BCUT2D eigenvalue weighted by Gasteiger charge is -2.48. The zero-order chi connectivity index (χ0) is 22.0. The number of nitrogens with one attached hydrogen (secondary N) is 1. The second-order valence-electron chi connectivity index (χ2n) is 7.09. The van der Waals surface area contributed by atoms with Gasteiger partial charge in [0, 0.05) is 18.3 Å². The van der Waals surface area contributed by atoms with Gasteiger partial charge in [-0.25, -0.2) is 0 Å². The Hall–Kier alpha value is -3.53. The van der Waals surface area contributed by atoms with E-state index in [9.17, 15) is 24.8 Å². The number of carbonyl (C=O) groups is 2. The van der Waals surface area contributed by atoms with E-state index in [0.29, 0.717) is 12.2 Å². The van der Waals surface area contributed by atoms with Crippen LogP contribution in [0.2, 0.25) is 0 Å². The van der Waals surface area contributed by atoms with E-state index >= 15 is 0 Å². The van der Waals surface area contributed by atoms with Crippen LogP contribution in [-0.4, -0.2) is 50.0 Å². The maximum atomic E-state index is 12.4. The molecule has 1 fully saturated rings. The average Bonchev–Trinajstić information content (AvgIpc) is 2.78. The molecule has 3 atom stereocenters. The molecule has 2 heterocycles. The molecule has 4 rings (SSSR count). The van der Waals surface area contributed by atoms with Crippen LogP contribution in [0, 0.1) is 10.1 Å². The molecule has 31 heavy (non-hydrogen) atoms. The van der Waals surface area contributed by atoms with Crippen LogP contribution in [0.3, 0.4) is 0 Å². The molecule has 0 spiro atoms. The fourth-order valence-corrected chi connectivity index (χ4v) is 4.83. The van der Waals surface area contributed by atoms with Crippen molar-refractivity contribution in [1.82, 2.24) is 10.2 Å². The van der Waals surface area contributed by atoms with Crippen LogP contribution < -0.4 is 10.1 Å². The molecule has 0 bridgehead atoms. The Labute approximate surface area is 181 Å². The predicted octanol–water partition coefficient (Wildman–Crippen LogP) is 2.38. The molecule has 2 aliphatic heterocycles. The van der Waals surface area contributed by atoms with Crippen molar-refractivity contribution in [3.63, 3.8) is 0 Å². The molecule has 2 unspecified atom stereocenters. The number of hydrogen-bond donors (Lipinski definition) is 2. The van der Waals surface area contributed by atoms with E-state index in [2.05, 4.69) is 5.32 Å². The van der Waals surface area contributed by atoms with Gasteiger partial charge in [-0.05, 0) is 24.1 Å². The first-order chi connectivity index (χ1) is 14.9. The summed E-state index contributed by atoms with van der Waals surface area (Å²) < 4.78 is 5.41. The number of non-ortho nitro benzene ring substituents is 1. The van der Waals surface area contributed by atoms with Gasteiger partial charge >= 0.3 is 0 Å². The number of benzene rings is 2. The van der Waals surface area contributed by atoms with Gasteiger partial charge in [-0.3, -0.25) is 24.6 Å². The fourth-order valence-electron chi connectivity index (χ4n) is 3.37. The van der Waals surface area contributed by atoms with Crippen LogP contribution >= 0.6 is 11.8 Å². The number of aliphatic hydroxyl groups excluding tert-OH is 1. The standard InChI is InChI=1S/C21H19N3O6S/c25-16-11-23-20(27)19(22-18(26)12-30-15-4-2-1-3-5-15)21(23)31-17(16)10-13-6-8-14(9-7-13)24(28)29/h1-9,11,17,19,21,25H,10,12H2,(H,22,26)/t17?,19?,21-/m1/s1. The van der Waals surface area contributed by atoms with Crippen molar-refractivity contribution in [2.24, 2.45) is 0 Å². The molecule has 0 aromatic heterocycles. The summed E-state index contributed by atoms with van der Waals surface area (Å²) in [6.07, 6.45) is 1.82. The van der Waals surface area contributed by atoms with Gasteiger partial charge in [-0.2, -0.15) is 0 Å². The van der Waals surface area contributed by atoms with Crippen molar-refractivity contribution in [2.45, 2.75) is 23.1 Å². The van der Waals surface area contributed by atoms with Gasteiger partial charge in [0.2, 0.25) is 0 Å². The highest BCUT2D eigenvalue weighted by Gasteiger charge is 2.51. The fraction of sp³-hybridized carbons (Fsp3) is 0.238. The normalized spacial score (nSPS) is 22.1. The molecule has 1 saturated heterocycles. The number of thioether (sulfide) groups is 1. The van der Waals surface area contributed by atoms with Gasteiger partial charge in [0.25, 0.3) is 17.5 Å². The average molecular weight is 441 g/mol. The molecule has 0 saturated carbocycles. The lowest BCUT2D eigenvalue weighted by molar-refractivity contribution is -0.384. The smallest absolute Gasteiger partial charge is 0.269 e. The molecule has 2 amide bonds. The van der Waals surface area contributed by atoms with E-state index in [4.69, 9.17) is 4.74 Å². The summed E-state index contributed by atoms with van der Waals surface area (Å²) in [7, 11) is 0. The van der Waals surface area contributed by atoms with Gasteiger partial charge in [0.05, 0.1) is 10.2 Å². The summed E-state index contributed by atoms with van der Waals surface area (Å²) in [5.41, 5.74) is 0.815. The van der Waals surface area contributed by atoms with Gasteiger partial charge < -0.3 is 15.2 Å². The molecule has 2 aromatic carbocycles. The van der Waals surface area contributed by atoms with Crippen LogP contribution in [0.15, 0.2) is 66.6 Å². The first-order valence-electron chi connectivity index (χ1n) is 9.51. The first kappa shape index (κ1) is 20.7. The number of β-lactam (4-membered cyclic amide) rings is 1. The second kappa shape index (κ2) is 8.68. The summed E-state index contributed by atoms with van der Waals surface area (Å²) in [4.78, 5) is 36.3. The number of rotatable bonds is 7. The lowest BCUT2D eigenvalue weighted by atomic mass is 10.1. The highest BCUT2D eigenvalue weighted by Crippen LogP contribution is 2.41. The second-order valence-corrected chi connectivity index (χ2v) is 8.41. The van der Waals surface area contributed by atoms with Crippen molar-refractivity contribution in [3.05, 3.63) is 82.2 Å². The molecular formula is C21H19N3O6S.